The lowest BCUT2D eigenvalue weighted by molar-refractivity contribution is 0.680. The van der Waals surface area contributed by atoms with Gasteiger partial charge >= 0.3 is 0 Å². The van der Waals surface area contributed by atoms with Crippen molar-refractivity contribution in [1.82, 2.24) is 10.3 Å². The third-order valence-electron chi connectivity index (χ3n) is 3.13. The Morgan fingerprint density at radius 1 is 1.24 bits per heavy atom. The van der Waals surface area contributed by atoms with Gasteiger partial charge in [-0.2, -0.15) is 0 Å². The van der Waals surface area contributed by atoms with E-state index < -0.39 is 0 Å². The molecule has 0 bridgehead atoms. The van der Waals surface area contributed by atoms with Crippen LogP contribution in [0.2, 0.25) is 0 Å². The third kappa shape index (κ3) is 2.40. The van der Waals surface area contributed by atoms with E-state index in [-0.39, 0.29) is 6.04 Å². The molecule has 3 heteroatoms. The SMILES string of the molecule is CNC(c1nc(C)cs1)c1cccc(C)c1C. The molecule has 1 atom stereocenters. The first-order valence-corrected chi connectivity index (χ1v) is 6.67. The molecule has 0 aliphatic carbocycles. The van der Waals surface area contributed by atoms with Gasteiger partial charge in [-0.15, -0.1) is 11.3 Å². The Kier molecular flexibility index (Phi) is 3.60. The fraction of sp³-hybridized carbons (Fsp3) is 0.357. The molecule has 0 saturated carbocycles. The van der Waals surface area contributed by atoms with E-state index in [2.05, 4.69) is 47.7 Å². The van der Waals surface area contributed by atoms with Crippen LogP contribution >= 0.6 is 11.3 Å². The average molecular weight is 246 g/mol. The van der Waals surface area contributed by atoms with Crippen molar-refractivity contribution in [2.45, 2.75) is 26.8 Å². The van der Waals surface area contributed by atoms with Crippen LogP contribution in [0, 0.1) is 20.8 Å². The predicted octanol–water partition coefficient (Wildman–Crippen LogP) is 3.38. The summed E-state index contributed by atoms with van der Waals surface area (Å²) in [6.45, 7) is 6.37. The number of nitrogens with one attached hydrogen (secondary N) is 1. The smallest absolute Gasteiger partial charge is 0.114 e. The predicted molar refractivity (Wildman–Crippen MR) is 73.7 cm³/mol. The minimum absolute atomic E-state index is 0.202. The summed E-state index contributed by atoms with van der Waals surface area (Å²) >= 11 is 1.72. The Morgan fingerprint density at radius 2 is 2.00 bits per heavy atom. The Balaban J connectivity index is 2.45. The van der Waals surface area contributed by atoms with E-state index in [9.17, 15) is 0 Å². The van der Waals surface area contributed by atoms with Crippen molar-refractivity contribution in [3.05, 3.63) is 51.0 Å². The van der Waals surface area contributed by atoms with Crippen LogP contribution in [0.25, 0.3) is 0 Å². The highest BCUT2D eigenvalue weighted by Gasteiger charge is 2.17. The highest BCUT2D eigenvalue weighted by Crippen LogP contribution is 2.28. The van der Waals surface area contributed by atoms with Crippen molar-refractivity contribution >= 4 is 11.3 Å². The molecular weight excluding hydrogens is 228 g/mol. The Labute approximate surface area is 107 Å². The van der Waals surface area contributed by atoms with Gasteiger partial charge in [0, 0.05) is 11.1 Å². The molecule has 90 valence electrons. The zero-order chi connectivity index (χ0) is 12.4. The molecule has 2 rings (SSSR count). The topological polar surface area (TPSA) is 24.9 Å². The lowest BCUT2D eigenvalue weighted by atomic mass is 9.98. The maximum absolute atomic E-state index is 4.59. The number of hydrogen-bond acceptors (Lipinski definition) is 3. The molecule has 0 amide bonds. The summed E-state index contributed by atoms with van der Waals surface area (Å²) in [5.41, 5.74) is 5.09. The number of aromatic nitrogens is 1. The van der Waals surface area contributed by atoms with E-state index in [4.69, 9.17) is 0 Å². The van der Waals surface area contributed by atoms with Gasteiger partial charge < -0.3 is 5.32 Å². The molecule has 1 N–H and O–H groups in total. The summed E-state index contributed by atoms with van der Waals surface area (Å²) in [5, 5.41) is 6.60. The van der Waals surface area contributed by atoms with Crippen LogP contribution in [0.5, 0.6) is 0 Å². The molecule has 0 saturated heterocycles. The van der Waals surface area contributed by atoms with Gasteiger partial charge in [0.2, 0.25) is 0 Å². The standard InChI is InChI=1S/C14H18N2S/c1-9-6-5-7-12(11(9)3)13(15-4)14-16-10(2)8-17-14/h5-8,13,15H,1-4H3. The van der Waals surface area contributed by atoms with Crippen LogP contribution in [0.4, 0.5) is 0 Å². The van der Waals surface area contributed by atoms with E-state index in [0.29, 0.717) is 0 Å². The van der Waals surface area contributed by atoms with Crippen LogP contribution in [0.15, 0.2) is 23.6 Å². The highest BCUT2D eigenvalue weighted by molar-refractivity contribution is 7.09. The molecule has 2 aromatic rings. The van der Waals surface area contributed by atoms with Crippen LogP contribution in [-0.4, -0.2) is 12.0 Å². The fourth-order valence-electron chi connectivity index (χ4n) is 2.00. The van der Waals surface area contributed by atoms with E-state index >= 15 is 0 Å². The van der Waals surface area contributed by atoms with Crippen LogP contribution in [-0.2, 0) is 0 Å². The van der Waals surface area contributed by atoms with Crippen molar-refractivity contribution in [1.29, 1.82) is 0 Å². The van der Waals surface area contributed by atoms with Gasteiger partial charge in [0.25, 0.3) is 0 Å². The summed E-state index contributed by atoms with van der Waals surface area (Å²) in [6, 6.07) is 6.65. The largest absolute Gasteiger partial charge is 0.307 e. The average Bonchev–Trinajstić information content (AvgIpc) is 2.72. The van der Waals surface area contributed by atoms with E-state index in [1.807, 2.05) is 14.0 Å². The number of rotatable bonds is 3. The zero-order valence-corrected chi connectivity index (χ0v) is 11.6. The molecule has 0 spiro atoms. The zero-order valence-electron chi connectivity index (χ0n) is 10.7. The number of nitrogens with zero attached hydrogens (tertiary/aromatic N) is 1. The van der Waals surface area contributed by atoms with Gasteiger partial charge in [-0.05, 0) is 44.5 Å². The maximum Gasteiger partial charge on any atom is 0.114 e. The van der Waals surface area contributed by atoms with E-state index in [0.717, 1.165) is 10.7 Å². The van der Waals surface area contributed by atoms with Gasteiger partial charge in [-0.1, -0.05) is 18.2 Å². The first-order chi connectivity index (χ1) is 8.13. The van der Waals surface area contributed by atoms with Crippen molar-refractivity contribution in [2.75, 3.05) is 7.05 Å². The molecule has 0 aliphatic rings. The third-order valence-corrected chi connectivity index (χ3v) is 4.16. The van der Waals surface area contributed by atoms with Crippen molar-refractivity contribution in [3.8, 4) is 0 Å². The summed E-state index contributed by atoms with van der Waals surface area (Å²) in [6.07, 6.45) is 0. The second-order valence-corrected chi connectivity index (χ2v) is 5.23. The lowest BCUT2D eigenvalue weighted by Crippen LogP contribution is -2.18. The van der Waals surface area contributed by atoms with Gasteiger partial charge in [-0.25, -0.2) is 4.98 Å². The Hall–Kier alpha value is -1.19. The fourth-order valence-corrected chi connectivity index (χ4v) is 2.92. The molecule has 2 nitrogen and oxygen atoms in total. The second kappa shape index (κ2) is 4.98. The van der Waals surface area contributed by atoms with Crippen molar-refractivity contribution in [3.63, 3.8) is 0 Å². The van der Waals surface area contributed by atoms with Gasteiger partial charge in [0.15, 0.2) is 0 Å². The molecular formula is C14H18N2S. The number of benzene rings is 1. The summed E-state index contributed by atoms with van der Waals surface area (Å²) in [7, 11) is 1.99. The molecule has 1 aromatic carbocycles. The molecule has 1 unspecified atom stereocenters. The molecule has 0 aliphatic heterocycles. The van der Waals surface area contributed by atoms with E-state index in [1.54, 1.807) is 11.3 Å². The van der Waals surface area contributed by atoms with Crippen LogP contribution in [0.1, 0.15) is 33.4 Å². The highest BCUT2D eigenvalue weighted by atomic mass is 32.1. The summed E-state index contributed by atoms with van der Waals surface area (Å²) in [4.78, 5) is 4.59. The molecule has 17 heavy (non-hydrogen) atoms. The summed E-state index contributed by atoms with van der Waals surface area (Å²) in [5.74, 6) is 0. The molecule has 0 radical (unpaired) electrons. The van der Waals surface area contributed by atoms with Gasteiger partial charge in [0.05, 0.1) is 6.04 Å². The quantitative estimate of drug-likeness (QED) is 0.898. The molecule has 0 fully saturated rings. The first-order valence-electron chi connectivity index (χ1n) is 5.79. The molecule has 1 heterocycles. The minimum atomic E-state index is 0.202. The molecule has 1 aromatic heterocycles. The van der Waals surface area contributed by atoms with Crippen molar-refractivity contribution < 1.29 is 0 Å². The maximum atomic E-state index is 4.59. The minimum Gasteiger partial charge on any atom is -0.307 e. The van der Waals surface area contributed by atoms with Crippen LogP contribution in [0.3, 0.4) is 0 Å². The van der Waals surface area contributed by atoms with E-state index in [1.165, 1.54) is 16.7 Å². The lowest BCUT2D eigenvalue weighted by Gasteiger charge is -2.17. The van der Waals surface area contributed by atoms with Crippen LogP contribution < -0.4 is 5.32 Å². The monoisotopic (exact) mass is 246 g/mol. The van der Waals surface area contributed by atoms with Gasteiger partial charge in [0.1, 0.15) is 5.01 Å². The number of aryl methyl sites for hydroxylation is 2. The Morgan fingerprint density at radius 3 is 2.59 bits per heavy atom. The number of thiazole rings is 1. The Bertz CT molecular complexity index is 517. The normalized spacial score (nSPS) is 12.7. The summed E-state index contributed by atoms with van der Waals surface area (Å²) < 4.78 is 0. The first kappa shape index (κ1) is 12.3. The van der Waals surface area contributed by atoms with Crippen molar-refractivity contribution in [2.24, 2.45) is 0 Å². The van der Waals surface area contributed by atoms with Gasteiger partial charge in [-0.3, -0.25) is 0 Å². The second-order valence-electron chi connectivity index (χ2n) is 4.34. The number of hydrogen-bond donors (Lipinski definition) is 1.